The Labute approximate surface area is 283 Å². The van der Waals surface area contributed by atoms with Crippen molar-refractivity contribution < 1.29 is 33.6 Å². The van der Waals surface area contributed by atoms with Gasteiger partial charge in [0.2, 0.25) is 29.4 Å². The zero-order valence-corrected chi connectivity index (χ0v) is 29.7. The average molecular weight is 671 g/mol. The summed E-state index contributed by atoms with van der Waals surface area (Å²) < 4.78 is 0. The van der Waals surface area contributed by atoms with Gasteiger partial charge in [0.15, 0.2) is 0 Å². The molecule has 0 bridgehead atoms. The van der Waals surface area contributed by atoms with E-state index in [1.54, 1.807) is 0 Å². The topological polar surface area (TPSA) is 174 Å². The molecule has 1 unspecified atom stereocenters. The lowest BCUT2D eigenvalue weighted by Gasteiger charge is -2.39. The van der Waals surface area contributed by atoms with Gasteiger partial charge in [-0.15, -0.1) is 6.58 Å². The number of amides is 7. The number of nitrogens with one attached hydrogen (secondary N) is 4. The Bertz CT molecular complexity index is 1340. The van der Waals surface area contributed by atoms with Crippen molar-refractivity contribution in [2.75, 3.05) is 19.6 Å². The Kier molecular flexibility index (Phi) is 10.5. The molecule has 0 aromatic carbocycles. The molecule has 0 aromatic heterocycles. The van der Waals surface area contributed by atoms with Crippen LogP contribution in [0.4, 0.5) is 4.79 Å². The minimum Gasteiger partial charge on any atom is -0.346 e. The summed E-state index contributed by atoms with van der Waals surface area (Å²) in [6, 6.07) is -4.15. The van der Waals surface area contributed by atoms with Crippen LogP contribution in [0.5, 0.6) is 0 Å². The van der Waals surface area contributed by atoms with E-state index < -0.39 is 64.5 Å². The van der Waals surface area contributed by atoms with Gasteiger partial charge in [-0.3, -0.25) is 33.7 Å². The van der Waals surface area contributed by atoms with Crippen LogP contribution in [0.15, 0.2) is 12.7 Å². The molecule has 7 amide bonds. The second kappa shape index (κ2) is 13.6. The van der Waals surface area contributed by atoms with Gasteiger partial charge in [-0.2, -0.15) is 0 Å². The van der Waals surface area contributed by atoms with Crippen molar-refractivity contribution in [1.82, 2.24) is 31.1 Å². The third-order valence-corrected chi connectivity index (χ3v) is 10.5. The lowest BCUT2D eigenvalue weighted by Crippen LogP contribution is -2.63. The summed E-state index contributed by atoms with van der Waals surface area (Å²) in [5.74, 6) is -2.84. The molecular weight excluding hydrogens is 616 g/mol. The predicted octanol–water partition coefficient (Wildman–Crippen LogP) is 1.90. The predicted molar refractivity (Wildman–Crippen MR) is 178 cm³/mol. The number of hydrogen-bond acceptors (Lipinski definition) is 7. The average Bonchev–Trinajstić information content (AvgIpc) is 3.79. The fourth-order valence-electron chi connectivity index (χ4n) is 7.09. The highest BCUT2D eigenvalue weighted by atomic mass is 16.2. The Morgan fingerprint density at radius 3 is 2.06 bits per heavy atom. The van der Waals surface area contributed by atoms with Crippen molar-refractivity contribution in [3.05, 3.63) is 12.7 Å². The van der Waals surface area contributed by atoms with Gasteiger partial charge in [-0.1, -0.05) is 74.3 Å². The van der Waals surface area contributed by atoms with Crippen molar-refractivity contribution in [3.8, 4) is 0 Å². The summed E-state index contributed by atoms with van der Waals surface area (Å²) >= 11 is 0. The van der Waals surface area contributed by atoms with E-state index in [0.29, 0.717) is 13.0 Å². The lowest BCUT2D eigenvalue weighted by molar-refractivity contribution is -0.145. The number of hydrogen-bond donors (Lipinski definition) is 4. The molecule has 2 saturated heterocycles. The highest BCUT2D eigenvalue weighted by molar-refractivity contribution is 6.38. The molecule has 2 saturated carbocycles. The molecule has 0 aromatic rings. The molecule has 4 rings (SSSR count). The number of ketones is 1. The molecule has 2 aliphatic carbocycles. The number of likely N-dealkylation sites (tertiary alicyclic amines) is 2. The van der Waals surface area contributed by atoms with Crippen molar-refractivity contribution in [1.29, 1.82) is 0 Å². The van der Waals surface area contributed by atoms with Crippen LogP contribution in [0, 0.1) is 34.0 Å². The van der Waals surface area contributed by atoms with Crippen LogP contribution in [0.25, 0.3) is 0 Å². The number of imide groups is 1. The summed E-state index contributed by atoms with van der Waals surface area (Å²) in [5, 5.41) is 11.1. The van der Waals surface area contributed by atoms with Crippen LogP contribution in [-0.2, 0) is 28.8 Å². The summed E-state index contributed by atoms with van der Waals surface area (Å²) in [6.07, 6.45) is 3.94. The quantitative estimate of drug-likeness (QED) is 0.132. The molecule has 2 heterocycles. The van der Waals surface area contributed by atoms with E-state index in [1.807, 2.05) is 41.5 Å². The van der Waals surface area contributed by atoms with Gasteiger partial charge in [0.05, 0.1) is 12.1 Å². The molecule has 266 valence electrons. The lowest BCUT2D eigenvalue weighted by atomic mass is 9.85. The third-order valence-electron chi connectivity index (χ3n) is 10.5. The number of Topliss-reactive ketones (excluding diaryl/α,β-unsaturated/α-hetero) is 1. The maximum atomic E-state index is 14.4. The van der Waals surface area contributed by atoms with Crippen molar-refractivity contribution in [3.63, 3.8) is 0 Å². The normalized spacial score (nSPS) is 25.0. The van der Waals surface area contributed by atoms with E-state index in [9.17, 15) is 33.6 Å². The molecule has 4 aliphatic rings. The minimum atomic E-state index is -1.03. The highest BCUT2D eigenvalue weighted by Gasteiger charge is 2.70. The van der Waals surface area contributed by atoms with Crippen LogP contribution >= 0.6 is 0 Å². The highest BCUT2D eigenvalue weighted by Crippen LogP contribution is 2.65. The van der Waals surface area contributed by atoms with Crippen LogP contribution in [0.1, 0.15) is 87.5 Å². The Morgan fingerprint density at radius 1 is 0.938 bits per heavy atom. The molecular formula is C35H54N6O7. The Morgan fingerprint density at radius 2 is 1.54 bits per heavy atom. The first-order valence-electron chi connectivity index (χ1n) is 17.1. The molecule has 4 N–H and O–H groups in total. The second-order valence-electron chi connectivity index (χ2n) is 16.7. The largest absolute Gasteiger partial charge is 0.346 e. The smallest absolute Gasteiger partial charge is 0.315 e. The van der Waals surface area contributed by atoms with E-state index in [-0.39, 0.29) is 60.9 Å². The fraction of sp³-hybridized carbons (Fsp3) is 0.743. The summed E-state index contributed by atoms with van der Waals surface area (Å²) in [7, 11) is 0. The number of carbonyl (C=O) groups is 7. The van der Waals surface area contributed by atoms with Gasteiger partial charge in [0, 0.05) is 32.5 Å². The molecule has 2 aliphatic heterocycles. The zero-order chi connectivity index (χ0) is 35.9. The number of piperidine rings is 1. The van der Waals surface area contributed by atoms with E-state index in [2.05, 4.69) is 41.7 Å². The number of nitrogens with zero attached hydrogens (tertiary/aromatic N) is 2. The molecule has 48 heavy (non-hydrogen) atoms. The SMILES string of the molecule is C=CCNC(=O)C(=O)C(CC1CC1)NC(=O)[C@@H]1[C@@H]2[C@H](CN1C(=O)[C@@H](NC(=O)N[C@H](CN1C(=O)CCC1=O)C(C)(C)C)C(C)(C)C)C2(C)C. The molecule has 6 atom stereocenters. The van der Waals surface area contributed by atoms with Crippen LogP contribution in [-0.4, -0.2) is 95.0 Å². The van der Waals surface area contributed by atoms with Gasteiger partial charge in [0.25, 0.3) is 5.91 Å². The van der Waals surface area contributed by atoms with Crippen LogP contribution < -0.4 is 21.3 Å². The van der Waals surface area contributed by atoms with Crippen LogP contribution in [0.3, 0.4) is 0 Å². The minimum absolute atomic E-state index is 0.0158. The molecule has 0 spiro atoms. The molecule has 13 nitrogen and oxygen atoms in total. The number of fused-ring (bicyclic) bond motifs is 1. The van der Waals surface area contributed by atoms with E-state index in [0.717, 1.165) is 12.8 Å². The van der Waals surface area contributed by atoms with Gasteiger partial charge in [0.1, 0.15) is 12.1 Å². The first-order chi connectivity index (χ1) is 22.2. The maximum absolute atomic E-state index is 14.4. The molecule has 4 fully saturated rings. The van der Waals surface area contributed by atoms with Gasteiger partial charge in [-0.05, 0) is 40.4 Å². The first kappa shape index (κ1) is 37.1. The van der Waals surface area contributed by atoms with E-state index in [1.165, 1.54) is 15.9 Å². The van der Waals surface area contributed by atoms with Gasteiger partial charge < -0.3 is 26.2 Å². The van der Waals surface area contributed by atoms with Crippen molar-refractivity contribution >= 4 is 41.4 Å². The summed E-state index contributed by atoms with van der Waals surface area (Å²) in [4.78, 5) is 95.0. The van der Waals surface area contributed by atoms with Crippen LogP contribution in [0.2, 0.25) is 0 Å². The Hall–Kier alpha value is -3.77. The summed E-state index contributed by atoms with van der Waals surface area (Å²) in [5.41, 5.74) is -1.49. The van der Waals surface area contributed by atoms with Gasteiger partial charge >= 0.3 is 6.03 Å². The van der Waals surface area contributed by atoms with Crippen molar-refractivity contribution in [2.24, 2.45) is 34.0 Å². The number of carbonyl (C=O) groups excluding carboxylic acids is 7. The summed E-state index contributed by atoms with van der Waals surface area (Å²) in [6.45, 7) is 19.2. The number of rotatable bonds is 13. The van der Waals surface area contributed by atoms with E-state index in [4.69, 9.17) is 0 Å². The van der Waals surface area contributed by atoms with Gasteiger partial charge in [-0.25, -0.2) is 4.79 Å². The standard InChI is InChI=1S/C35H54N6O7/c1-10-15-36-30(46)27(44)21(16-19-11-12-19)37-29(45)26-25-20(35(25,8)9)17-41(26)31(47)28(34(5,6)7)39-32(48)38-22(33(2,3)4)18-40-23(42)13-14-24(40)43/h10,19-22,25-26,28H,1,11-18H2,2-9H3,(H,36,46)(H,37,45)(H2,38,39,48)/t20-,21?,22+,25-,26-,28+/m0/s1. The zero-order valence-electron chi connectivity index (χ0n) is 29.7. The fourth-order valence-corrected chi connectivity index (χ4v) is 7.09. The van der Waals surface area contributed by atoms with E-state index >= 15 is 0 Å². The molecule has 13 heteroatoms. The Balaban J connectivity index is 1.52. The second-order valence-corrected chi connectivity index (χ2v) is 16.7. The molecule has 0 radical (unpaired) electrons. The monoisotopic (exact) mass is 670 g/mol. The number of urea groups is 1. The first-order valence-corrected chi connectivity index (χ1v) is 17.1. The maximum Gasteiger partial charge on any atom is 0.315 e. The third kappa shape index (κ3) is 8.08. The van der Waals surface area contributed by atoms with Crippen molar-refractivity contribution in [2.45, 2.75) is 112 Å².